The van der Waals surface area contributed by atoms with Gasteiger partial charge in [0.25, 0.3) is 0 Å². The first kappa shape index (κ1) is 17.3. The smallest absolute Gasteiger partial charge is 0.236 e. The molecule has 126 valence electrons. The molecule has 0 saturated carbocycles. The first-order valence-electron chi connectivity index (χ1n) is 7.49. The Hall–Kier alpha value is -2.56. The van der Waals surface area contributed by atoms with Gasteiger partial charge >= 0.3 is 0 Å². The molecule has 3 rings (SSSR count). The van der Waals surface area contributed by atoms with E-state index in [4.69, 9.17) is 10.00 Å². The molecular formula is C18H15N3O2S2. The lowest BCUT2D eigenvalue weighted by atomic mass is 10.0. The van der Waals surface area contributed by atoms with Crippen molar-refractivity contribution in [3.05, 3.63) is 41.8 Å². The molecule has 1 amide bonds. The molecule has 0 bridgehead atoms. The number of nitrogens with one attached hydrogen (secondary N) is 1. The number of nitrogens with zero attached hydrogens (tertiary/aromatic N) is 2. The Kier molecular flexibility index (Phi) is 5.53. The number of benzene rings is 2. The van der Waals surface area contributed by atoms with E-state index < -0.39 is 0 Å². The third-order valence-electron chi connectivity index (χ3n) is 3.53. The minimum absolute atomic E-state index is 0.152. The molecule has 2 aromatic carbocycles. The number of ether oxygens (including phenoxy) is 1. The molecule has 0 fully saturated rings. The highest BCUT2D eigenvalue weighted by Gasteiger charge is 2.12. The number of hydrogen-bond acceptors (Lipinski definition) is 6. The van der Waals surface area contributed by atoms with Crippen molar-refractivity contribution in [2.45, 2.75) is 0 Å². The third kappa shape index (κ3) is 3.92. The molecule has 7 heteroatoms. The van der Waals surface area contributed by atoms with Crippen molar-refractivity contribution in [2.24, 2.45) is 0 Å². The molecule has 0 radical (unpaired) electrons. The molecule has 0 spiro atoms. The molecule has 25 heavy (non-hydrogen) atoms. The Balaban J connectivity index is 1.85. The van der Waals surface area contributed by atoms with Gasteiger partial charge in [0.2, 0.25) is 5.91 Å². The first-order valence-corrected chi connectivity index (χ1v) is 9.52. The number of carbonyl (C=O) groups is 1. The van der Waals surface area contributed by atoms with Gasteiger partial charge in [-0.1, -0.05) is 24.3 Å². The summed E-state index contributed by atoms with van der Waals surface area (Å²) >= 11 is 2.66. The summed E-state index contributed by atoms with van der Waals surface area (Å²) in [5, 5.41) is 15.8. The zero-order valence-electron chi connectivity index (χ0n) is 13.5. The van der Waals surface area contributed by atoms with Crippen LogP contribution in [0.4, 0.5) is 5.13 Å². The fourth-order valence-electron chi connectivity index (χ4n) is 2.47. The van der Waals surface area contributed by atoms with Crippen LogP contribution in [0.2, 0.25) is 0 Å². The van der Waals surface area contributed by atoms with Crippen LogP contribution in [0.15, 0.2) is 41.8 Å². The van der Waals surface area contributed by atoms with Gasteiger partial charge in [-0.2, -0.15) is 5.26 Å². The molecule has 5 nitrogen and oxygen atoms in total. The molecule has 0 aliphatic carbocycles. The average molecular weight is 369 g/mol. The highest BCUT2D eigenvalue weighted by Crippen LogP contribution is 2.35. The second kappa shape index (κ2) is 8.01. The highest BCUT2D eigenvalue weighted by atomic mass is 32.2. The van der Waals surface area contributed by atoms with Crippen LogP contribution in [0.1, 0.15) is 0 Å². The maximum atomic E-state index is 11.8. The van der Waals surface area contributed by atoms with Gasteiger partial charge in [-0.3, -0.25) is 4.79 Å². The van der Waals surface area contributed by atoms with E-state index in [9.17, 15) is 4.79 Å². The molecule has 3 aromatic rings. The summed E-state index contributed by atoms with van der Waals surface area (Å²) in [6.07, 6.45) is 0. The number of thiazole rings is 1. The fraction of sp³-hybridized carbons (Fsp3) is 0.167. The Bertz CT molecular complexity index is 947. The SMILES string of the molecule is COc1ccc(-c2csc(NC(=O)CSCC#N)n2)c2ccccc12. The minimum Gasteiger partial charge on any atom is -0.496 e. The van der Waals surface area contributed by atoms with Gasteiger partial charge in [-0.05, 0) is 17.5 Å². The Morgan fingerprint density at radius 3 is 2.88 bits per heavy atom. The van der Waals surface area contributed by atoms with Gasteiger partial charge < -0.3 is 10.1 Å². The molecule has 0 saturated heterocycles. The number of aromatic nitrogens is 1. The van der Waals surface area contributed by atoms with E-state index in [1.165, 1.54) is 23.1 Å². The summed E-state index contributed by atoms with van der Waals surface area (Å²) in [5.74, 6) is 1.21. The van der Waals surface area contributed by atoms with Crippen LogP contribution in [0.3, 0.4) is 0 Å². The summed E-state index contributed by atoms with van der Waals surface area (Å²) in [6.45, 7) is 0. The molecule has 0 unspecified atom stereocenters. The van der Waals surface area contributed by atoms with Crippen molar-refractivity contribution in [3.63, 3.8) is 0 Å². The molecule has 1 N–H and O–H groups in total. The lowest BCUT2D eigenvalue weighted by Gasteiger charge is -2.08. The normalized spacial score (nSPS) is 10.4. The topological polar surface area (TPSA) is 75.0 Å². The van der Waals surface area contributed by atoms with Gasteiger partial charge in [0.05, 0.1) is 30.4 Å². The predicted molar refractivity (Wildman–Crippen MR) is 103 cm³/mol. The zero-order chi connectivity index (χ0) is 17.6. The second-order valence-electron chi connectivity index (χ2n) is 5.10. The van der Waals surface area contributed by atoms with Crippen LogP contribution >= 0.6 is 23.1 Å². The lowest BCUT2D eigenvalue weighted by molar-refractivity contribution is -0.113. The lowest BCUT2D eigenvalue weighted by Crippen LogP contribution is -2.14. The largest absolute Gasteiger partial charge is 0.496 e. The Morgan fingerprint density at radius 2 is 2.12 bits per heavy atom. The number of amides is 1. The van der Waals surface area contributed by atoms with E-state index in [0.29, 0.717) is 10.9 Å². The van der Waals surface area contributed by atoms with Crippen molar-refractivity contribution < 1.29 is 9.53 Å². The van der Waals surface area contributed by atoms with E-state index in [-0.39, 0.29) is 11.7 Å². The van der Waals surface area contributed by atoms with E-state index in [1.807, 2.05) is 47.8 Å². The van der Waals surface area contributed by atoms with Crippen LogP contribution in [0.25, 0.3) is 22.0 Å². The van der Waals surface area contributed by atoms with Crippen LogP contribution in [0, 0.1) is 11.3 Å². The number of methoxy groups -OCH3 is 1. The number of carbonyl (C=O) groups excluding carboxylic acids is 1. The van der Waals surface area contributed by atoms with Crippen molar-refractivity contribution in [1.29, 1.82) is 5.26 Å². The molecule has 0 aliphatic rings. The summed E-state index contributed by atoms with van der Waals surface area (Å²) < 4.78 is 5.42. The van der Waals surface area contributed by atoms with Crippen molar-refractivity contribution in [2.75, 3.05) is 23.9 Å². The van der Waals surface area contributed by atoms with E-state index >= 15 is 0 Å². The maximum absolute atomic E-state index is 11.8. The first-order chi connectivity index (χ1) is 12.2. The zero-order valence-corrected chi connectivity index (χ0v) is 15.1. The quantitative estimate of drug-likeness (QED) is 0.660. The fourth-order valence-corrected chi connectivity index (χ4v) is 3.65. The molecule has 0 atom stereocenters. The van der Waals surface area contributed by atoms with Crippen molar-refractivity contribution >= 4 is 44.9 Å². The number of nitriles is 1. The van der Waals surface area contributed by atoms with Crippen LogP contribution in [-0.2, 0) is 4.79 Å². The minimum atomic E-state index is -0.152. The maximum Gasteiger partial charge on any atom is 0.236 e. The monoisotopic (exact) mass is 369 g/mol. The summed E-state index contributed by atoms with van der Waals surface area (Å²) in [7, 11) is 1.66. The van der Waals surface area contributed by atoms with Gasteiger partial charge in [-0.15, -0.1) is 23.1 Å². The Labute approximate surface area is 153 Å². The molecule has 0 aliphatic heterocycles. The van der Waals surface area contributed by atoms with E-state index in [1.54, 1.807) is 7.11 Å². The number of thioether (sulfide) groups is 1. The van der Waals surface area contributed by atoms with Gasteiger partial charge in [0, 0.05) is 16.3 Å². The molecule has 1 heterocycles. The summed E-state index contributed by atoms with van der Waals surface area (Å²) in [4.78, 5) is 16.4. The van der Waals surface area contributed by atoms with Gasteiger partial charge in [0.1, 0.15) is 5.75 Å². The average Bonchev–Trinajstić information content (AvgIpc) is 3.09. The van der Waals surface area contributed by atoms with Gasteiger partial charge in [0.15, 0.2) is 5.13 Å². The van der Waals surface area contributed by atoms with Crippen LogP contribution in [0.5, 0.6) is 5.75 Å². The molecular weight excluding hydrogens is 354 g/mol. The van der Waals surface area contributed by atoms with E-state index in [0.717, 1.165) is 27.8 Å². The summed E-state index contributed by atoms with van der Waals surface area (Å²) in [6, 6.07) is 13.9. The second-order valence-corrected chi connectivity index (χ2v) is 6.94. The van der Waals surface area contributed by atoms with Crippen molar-refractivity contribution in [1.82, 2.24) is 4.98 Å². The highest BCUT2D eigenvalue weighted by molar-refractivity contribution is 8.00. The predicted octanol–water partition coefficient (Wildman–Crippen LogP) is 4.17. The van der Waals surface area contributed by atoms with E-state index in [2.05, 4.69) is 10.3 Å². The third-order valence-corrected chi connectivity index (χ3v) is 5.09. The number of anilines is 1. The number of hydrogen-bond donors (Lipinski definition) is 1. The van der Waals surface area contributed by atoms with Crippen LogP contribution < -0.4 is 10.1 Å². The number of fused-ring (bicyclic) bond motifs is 1. The number of rotatable bonds is 6. The van der Waals surface area contributed by atoms with Crippen molar-refractivity contribution in [3.8, 4) is 23.1 Å². The van der Waals surface area contributed by atoms with Crippen LogP contribution in [-0.4, -0.2) is 29.5 Å². The van der Waals surface area contributed by atoms with Gasteiger partial charge in [-0.25, -0.2) is 4.98 Å². The Morgan fingerprint density at radius 1 is 1.32 bits per heavy atom. The summed E-state index contributed by atoms with van der Waals surface area (Å²) in [5.41, 5.74) is 1.80. The standard InChI is InChI=1S/C18H15N3O2S2/c1-23-16-7-6-13(12-4-2-3-5-14(12)16)15-10-25-18(20-15)21-17(22)11-24-9-8-19/h2-7,10H,9,11H2,1H3,(H,20,21,22). The molecule has 1 aromatic heterocycles.